The maximum Gasteiger partial charge on any atom is 0.320 e. The highest BCUT2D eigenvalue weighted by atomic mass is 16.5. The van der Waals surface area contributed by atoms with Gasteiger partial charge in [0.1, 0.15) is 11.8 Å². The number of carbonyl (C=O) groups is 1. The molecule has 1 aromatic rings. The maximum absolute atomic E-state index is 11.1. The smallest absolute Gasteiger partial charge is 0.320 e. The predicted octanol–water partition coefficient (Wildman–Crippen LogP) is 2.21. The molecule has 0 spiro atoms. The molecule has 0 saturated carbocycles. The van der Waals surface area contributed by atoms with Crippen LogP contribution in [0.2, 0.25) is 0 Å². The Morgan fingerprint density at radius 1 is 1.29 bits per heavy atom. The highest BCUT2D eigenvalue weighted by Gasteiger charge is 2.18. The number of benzene rings is 1. The van der Waals surface area contributed by atoms with Crippen LogP contribution in [-0.4, -0.2) is 35.9 Å². The van der Waals surface area contributed by atoms with Gasteiger partial charge in [0, 0.05) is 0 Å². The topological polar surface area (TPSA) is 78.8 Å². The number of aliphatic carboxylic acids is 1. The van der Waals surface area contributed by atoms with Crippen LogP contribution in [0.4, 0.5) is 0 Å². The molecule has 0 bridgehead atoms. The third-order valence-corrected chi connectivity index (χ3v) is 3.31. The van der Waals surface area contributed by atoms with Gasteiger partial charge >= 0.3 is 5.97 Å². The van der Waals surface area contributed by atoms with E-state index in [0.29, 0.717) is 25.3 Å². The Labute approximate surface area is 125 Å². The first-order chi connectivity index (χ1) is 9.93. The molecule has 0 amide bonds. The molecule has 0 fully saturated rings. The fourth-order valence-corrected chi connectivity index (χ4v) is 2.13. The number of nitrogens with one attached hydrogen (secondary N) is 1. The number of methoxy groups -OCH3 is 1. The molecule has 1 rings (SSSR count). The standard InChI is InChI=1S/C16H25NO4/c1-11(2)10-14(16(19)20)17-9-8-15(18)12-4-6-13(21-3)7-5-12/h4-7,11,14-15,17-18H,8-10H2,1-3H3,(H,19,20)/t14-,15-/m1/s1. The molecule has 118 valence electrons. The average molecular weight is 295 g/mol. The zero-order valence-corrected chi connectivity index (χ0v) is 12.9. The number of hydrogen-bond acceptors (Lipinski definition) is 4. The van der Waals surface area contributed by atoms with Crippen molar-refractivity contribution in [3.8, 4) is 5.75 Å². The Kier molecular flexibility index (Phi) is 7.19. The second-order valence-corrected chi connectivity index (χ2v) is 5.55. The van der Waals surface area contributed by atoms with Gasteiger partial charge < -0.3 is 20.3 Å². The monoisotopic (exact) mass is 295 g/mol. The van der Waals surface area contributed by atoms with Crippen LogP contribution in [-0.2, 0) is 4.79 Å². The van der Waals surface area contributed by atoms with Gasteiger partial charge in [-0.3, -0.25) is 4.79 Å². The van der Waals surface area contributed by atoms with Crippen LogP contribution in [0.15, 0.2) is 24.3 Å². The third-order valence-electron chi connectivity index (χ3n) is 3.31. The van der Waals surface area contributed by atoms with Gasteiger partial charge in [-0.2, -0.15) is 0 Å². The van der Waals surface area contributed by atoms with E-state index in [0.717, 1.165) is 11.3 Å². The van der Waals surface area contributed by atoms with E-state index < -0.39 is 18.1 Å². The summed E-state index contributed by atoms with van der Waals surface area (Å²) in [5, 5.41) is 22.2. The third kappa shape index (κ3) is 6.14. The maximum atomic E-state index is 11.1. The number of aliphatic hydroxyl groups excluding tert-OH is 1. The van der Waals surface area contributed by atoms with Gasteiger partial charge in [-0.25, -0.2) is 0 Å². The van der Waals surface area contributed by atoms with Crippen LogP contribution < -0.4 is 10.1 Å². The van der Waals surface area contributed by atoms with Crippen LogP contribution in [0.1, 0.15) is 38.4 Å². The Morgan fingerprint density at radius 2 is 1.90 bits per heavy atom. The van der Waals surface area contributed by atoms with Gasteiger partial charge in [0.25, 0.3) is 0 Å². The predicted molar refractivity (Wildman–Crippen MR) is 81.5 cm³/mol. The Bertz CT molecular complexity index is 430. The van der Waals surface area contributed by atoms with E-state index >= 15 is 0 Å². The van der Waals surface area contributed by atoms with Crippen molar-refractivity contribution in [1.29, 1.82) is 0 Å². The van der Waals surface area contributed by atoms with Crippen molar-refractivity contribution in [1.82, 2.24) is 5.32 Å². The van der Waals surface area contributed by atoms with Gasteiger partial charge in [0.2, 0.25) is 0 Å². The molecule has 0 radical (unpaired) electrons. The van der Waals surface area contributed by atoms with Crippen molar-refractivity contribution in [3.05, 3.63) is 29.8 Å². The molecule has 3 N–H and O–H groups in total. The van der Waals surface area contributed by atoms with Gasteiger partial charge in [-0.1, -0.05) is 26.0 Å². The zero-order chi connectivity index (χ0) is 15.8. The van der Waals surface area contributed by atoms with Crippen molar-refractivity contribution in [2.45, 2.75) is 38.8 Å². The first kappa shape index (κ1) is 17.5. The molecule has 0 aliphatic rings. The lowest BCUT2D eigenvalue weighted by molar-refractivity contribution is -0.139. The summed E-state index contributed by atoms with van der Waals surface area (Å²) in [7, 11) is 1.59. The van der Waals surface area contributed by atoms with E-state index in [-0.39, 0.29) is 0 Å². The van der Waals surface area contributed by atoms with Crippen molar-refractivity contribution in [2.24, 2.45) is 5.92 Å². The Morgan fingerprint density at radius 3 is 2.38 bits per heavy atom. The van der Waals surface area contributed by atoms with E-state index in [1.807, 2.05) is 26.0 Å². The second-order valence-electron chi connectivity index (χ2n) is 5.55. The number of carboxylic acids is 1. The van der Waals surface area contributed by atoms with Gasteiger partial charge in [-0.15, -0.1) is 0 Å². The molecule has 5 nitrogen and oxygen atoms in total. The summed E-state index contributed by atoms with van der Waals surface area (Å²) in [5.41, 5.74) is 0.799. The van der Waals surface area contributed by atoms with Crippen LogP contribution in [0.3, 0.4) is 0 Å². The summed E-state index contributed by atoms with van der Waals surface area (Å²) < 4.78 is 5.07. The zero-order valence-electron chi connectivity index (χ0n) is 12.9. The first-order valence-electron chi connectivity index (χ1n) is 7.22. The quantitative estimate of drug-likeness (QED) is 0.651. The van der Waals surface area contributed by atoms with Crippen LogP contribution in [0.25, 0.3) is 0 Å². The molecule has 21 heavy (non-hydrogen) atoms. The molecule has 5 heteroatoms. The lowest BCUT2D eigenvalue weighted by Gasteiger charge is -2.18. The SMILES string of the molecule is COc1ccc([C@H](O)CCN[C@H](CC(C)C)C(=O)O)cc1. The van der Waals surface area contributed by atoms with Crippen molar-refractivity contribution in [2.75, 3.05) is 13.7 Å². The van der Waals surface area contributed by atoms with Gasteiger partial charge in [0.05, 0.1) is 13.2 Å². The van der Waals surface area contributed by atoms with Crippen LogP contribution >= 0.6 is 0 Å². The highest BCUT2D eigenvalue weighted by Crippen LogP contribution is 2.19. The lowest BCUT2D eigenvalue weighted by Crippen LogP contribution is -2.38. The molecular weight excluding hydrogens is 270 g/mol. The Hall–Kier alpha value is -1.59. The summed E-state index contributed by atoms with van der Waals surface area (Å²) in [6.07, 6.45) is 0.430. The fraction of sp³-hybridized carbons (Fsp3) is 0.562. The van der Waals surface area contributed by atoms with Gasteiger partial charge in [0.15, 0.2) is 0 Å². The molecular formula is C16H25NO4. The van der Waals surface area contributed by atoms with E-state index in [1.165, 1.54) is 0 Å². The van der Waals surface area contributed by atoms with E-state index in [9.17, 15) is 9.90 Å². The molecule has 2 atom stereocenters. The molecule has 1 aromatic carbocycles. The second kappa shape index (κ2) is 8.64. The molecule has 0 unspecified atom stereocenters. The minimum absolute atomic E-state index is 0.310. The minimum Gasteiger partial charge on any atom is -0.497 e. The number of rotatable bonds is 9. The molecule has 0 aliphatic carbocycles. The minimum atomic E-state index is -0.845. The van der Waals surface area contributed by atoms with Crippen molar-refractivity contribution < 1.29 is 19.7 Å². The average Bonchev–Trinajstić information content (AvgIpc) is 2.45. The molecule has 0 aliphatic heterocycles. The van der Waals surface area contributed by atoms with Crippen molar-refractivity contribution in [3.63, 3.8) is 0 Å². The molecule has 0 heterocycles. The summed E-state index contributed by atoms with van der Waals surface area (Å²) in [5.74, 6) is 0.208. The number of carboxylic acid groups (broad SMARTS) is 1. The number of hydrogen-bond donors (Lipinski definition) is 3. The summed E-state index contributed by atoms with van der Waals surface area (Å²) in [6.45, 7) is 4.44. The van der Waals surface area contributed by atoms with Crippen LogP contribution in [0.5, 0.6) is 5.75 Å². The Balaban J connectivity index is 2.44. The van der Waals surface area contributed by atoms with Crippen molar-refractivity contribution >= 4 is 5.97 Å². The lowest BCUT2D eigenvalue weighted by atomic mass is 10.0. The van der Waals surface area contributed by atoms with E-state index in [1.54, 1.807) is 19.2 Å². The fourth-order valence-electron chi connectivity index (χ4n) is 2.13. The number of ether oxygens (including phenoxy) is 1. The largest absolute Gasteiger partial charge is 0.497 e. The first-order valence-corrected chi connectivity index (χ1v) is 7.22. The normalized spacial score (nSPS) is 14.0. The molecule has 0 saturated heterocycles. The summed E-state index contributed by atoms with van der Waals surface area (Å²) in [4.78, 5) is 11.1. The highest BCUT2D eigenvalue weighted by molar-refractivity contribution is 5.73. The summed E-state index contributed by atoms with van der Waals surface area (Å²) in [6, 6.07) is 6.65. The summed E-state index contributed by atoms with van der Waals surface area (Å²) >= 11 is 0. The van der Waals surface area contributed by atoms with E-state index in [2.05, 4.69) is 5.32 Å². The molecule has 0 aromatic heterocycles. The van der Waals surface area contributed by atoms with Gasteiger partial charge in [-0.05, 0) is 43.0 Å². The van der Waals surface area contributed by atoms with Crippen LogP contribution in [0, 0.1) is 5.92 Å². The van der Waals surface area contributed by atoms with E-state index in [4.69, 9.17) is 9.84 Å². The number of aliphatic hydroxyl groups is 1.